The van der Waals surface area contributed by atoms with Crippen LogP contribution in [-0.2, 0) is 4.43 Å². The first-order valence-electron chi connectivity index (χ1n) is 2.27. The molecule has 0 spiro atoms. The molecule has 3 heteroatoms. The highest BCUT2D eigenvalue weighted by Gasteiger charge is 1.84. The monoisotopic (exact) mass is 144 g/mol. The fourth-order valence-corrected chi connectivity index (χ4v) is 0.449. The molecule has 0 amide bonds. The Morgan fingerprint density at radius 2 is 2.50 bits per heavy atom. The summed E-state index contributed by atoms with van der Waals surface area (Å²) in [6, 6.07) is 0. The zero-order valence-corrected chi connectivity index (χ0v) is 7.84. The SMILES string of the molecule is CC#CCC(=S)O[SiH3]. The fraction of sp³-hybridized carbons (Fsp3) is 0.400. The van der Waals surface area contributed by atoms with Crippen molar-refractivity contribution < 1.29 is 4.43 Å². The van der Waals surface area contributed by atoms with Crippen LogP contribution in [0.5, 0.6) is 0 Å². The van der Waals surface area contributed by atoms with Gasteiger partial charge >= 0.3 is 0 Å². The highest BCUT2D eigenvalue weighted by molar-refractivity contribution is 7.80. The van der Waals surface area contributed by atoms with Crippen molar-refractivity contribution >= 4 is 27.8 Å². The third-order valence-electron chi connectivity index (χ3n) is 0.637. The van der Waals surface area contributed by atoms with Crippen molar-refractivity contribution in [2.45, 2.75) is 13.3 Å². The van der Waals surface area contributed by atoms with Crippen LogP contribution in [0.1, 0.15) is 13.3 Å². The van der Waals surface area contributed by atoms with Gasteiger partial charge in [-0.1, -0.05) is 5.92 Å². The van der Waals surface area contributed by atoms with Crippen molar-refractivity contribution in [1.82, 2.24) is 0 Å². The summed E-state index contributed by atoms with van der Waals surface area (Å²) in [5.41, 5.74) is 0. The van der Waals surface area contributed by atoms with Gasteiger partial charge in [-0.15, -0.1) is 5.92 Å². The van der Waals surface area contributed by atoms with E-state index < -0.39 is 0 Å². The van der Waals surface area contributed by atoms with Crippen molar-refractivity contribution in [3.63, 3.8) is 0 Å². The molecular formula is C5H8OSSi. The summed E-state index contributed by atoms with van der Waals surface area (Å²) >= 11 is 4.73. The minimum Gasteiger partial charge on any atom is -0.548 e. The lowest BCUT2D eigenvalue weighted by Crippen LogP contribution is -1.94. The van der Waals surface area contributed by atoms with E-state index in [0.29, 0.717) is 22.0 Å². The minimum absolute atomic E-state index is 0.606. The Kier molecular flexibility index (Phi) is 4.62. The maximum Gasteiger partial charge on any atom is 0.204 e. The second-order valence-electron chi connectivity index (χ2n) is 1.18. The molecule has 0 radical (unpaired) electrons. The second-order valence-corrected chi connectivity index (χ2v) is 2.04. The van der Waals surface area contributed by atoms with Gasteiger partial charge in [0.2, 0.25) is 10.5 Å². The molecule has 0 aromatic rings. The van der Waals surface area contributed by atoms with E-state index in [4.69, 9.17) is 16.6 Å². The van der Waals surface area contributed by atoms with E-state index in [-0.39, 0.29) is 0 Å². The number of thiocarbonyl (C=S) groups is 1. The molecule has 0 N–H and O–H groups in total. The zero-order chi connectivity index (χ0) is 6.41. The standard InChI is InChI=1S/C5H8OSSi/c1-2-3-4-5(7)6-8/h4H2,1,8H3. The van der Waals surface area contributed by atoms with Crippen LogP contribution in [0.3, 0.4) is 0 Å². The lowest BCUT2D eigenvalue weighted by atomic mass is 10.4. The summed E-state index contributed by atoms with van der Waals surface area (Å²) in [6.45, 7) is 1.79. The van der Waals surface area contributed by atoms with E-state index in [1.54, 1.807) is 6.92 Å². The first kappa shape index (κ1) is 7.67. The van der Waals surface area contributed by atoms with Crippen LogP contribution < -0.4 is 0 Å². The van der Waals surface area contributed by atoms with E-state index in [9.17, 15) is 0 Å². The summed E-state index contributed by atoms with van der Waals surface area (Å²) in [5.74, 6) is 5.54. The van der Waals surface area contributed by atoms with Gasteiger partial charge in [0.05, 0.1) is 6.42 Å². The van der Waals surface area contributed by atoms with Crippen LogP contribution in [0.2, 0.25) is 0 Å². The molecule has 0 aromatic carbocycles. The number of rotatable bonds is 1. The molecule has 0 aliphatic rings. The van der Waals surface area contributed by atoms with E-state index in [0.717, 1.165) is 0 Å². The van der Waals surface area contributed by atoms with Crippen LogP contribution in [0.25, 0.3) is 0 Å². The molecule has 0 aliphatic heterocycles. The molecule has 0 bridgehead atoms. The van der Waals surface area contributed by atoms with Gasteiger partial charge in [0.15, 0.2) is 5.05 Å². The van der Waals surface area contributed by atoms with Gasteiger partial charge < -0.3 is 4.43 Å². The molecule has 0 saturated heterocycles. The van der Waals surface area contributed by atoms with Crippen LogP contribution in [0, 0.1) is 11.8 Å². The number of hydrogen-bond donors (Lipinski definition) is 0. The molecule has 0 rings (SSSR count). The third kappa shape index (κ3) is 3.84. The normalized spacial score (nSPS) is 7.12. The smallest absolute Gasteiger partial charge is 0.204 e. The van der Waals surface area contributed by atoms with Gasteiger partial charge in [-0.05, 0) is 19.1 Å². The van der Waals surface area contributed by atoms with Gasteiger partial charge in [-0.2, -0.15) is 0 Å². The van der Waals surface area contributed by atoms with E-state index in [2.05, 4.69) is 11.8 Å². The quantitative estimate of drug-likeness (QED) is 0.292. The maximum absolute atomic E-state index is 4.82. The minimum atomic E-state index is 0.606. The molecule has 0 fully saturated rings. The van der Waals surface area contributed by atoms with Gasteiger partial charge in [0.1, 0.15) is 0 Å². The lowest BCUT2D eigenvalue weighted by Gasteiger charge is -1.93. The molecule has 0 atom stereocenters. The van der Waals surface area contributed by atoms with Crippen molar-refractivity contribution in [1.29, 1.82) is 0 Å². The Bertz CT molecular complexity index is 133. The molecule has 8 heavy (non-hydrogen) atoms. The Balaban J connectivity index is 3.35. The van der Waals surface area contributed by atoms with Gasteiger partial charge in [0.25, 0.3) is 0 Å². The van der Waals surface area contributed by atoms with Crippen LogP contribution in [0.15, 0.2) is 0 Å². The van der Waals surface area contributed by atoms with Crippen LogP contribution >= 0.6 is 12.2 Å². The van der Waals surface area contributed by atoms with Crippen molar-refractivity contribution in [2.75, 3.05) is 0 Å². The van der Waals surface area contributed by atoms with Crippen molar-refractivity contribution in [3.05, 3.63) is 0 Å². The summed E-state index contributed by atoms with van der Waals surface area (Å²) in [6.07, 6.45) is 0.606. The summed E-state index contributed by atoms with van der Waals surface area (Å²) in [5, 5.41) is 0.617. The van der Waals surface area contributed by atoms with E-state index in [1.165, 1.54) is 0 Å². The molecule has 1 nitrogen and oxygen atoms in total. The van der Waals surface area contributed by atoms with Crippen LogP contribution in [0.4, 0.5) is 0 Å². The predicted octanol–water partition coefficient (Wildman–Crippen LogP) is 0.0242. The lowest BCUT2D eigenvalue weighted by molar-refractivity contribution is 0.619. The van der Waals surface area contributed by atoms with Gasteiger partial charge in [-0.25, -0.2) is 0 Å². The summed E-state index contributed by atoms with van der Waals surface area (Å²) in [4.78, 5) is 0. The molecular weight excluding hydrogens is 136 g/mol. The molecule has 0 aliphatic carbocycles. The average Bonchev–Trinajstić information content (AvgIpc) is 1.83. The highest BCUT2D eigenvalue weighted by atomic mass is 32.1. The fourth-order valence-electron chi connectivity index (χ4n) is 0.233. The highest BCUT2D eigenvalue weighted by Crippen LogP contribution is 1.82. The van der Waals surface area contributed by atoms with Gasteiger partial charge in [-0.3, -0.25) is 0 Å². The largest absolute Gasteiger partial charge is 0.548 e. The Labute approximate surface area is 58.0 Å². The van der Waals surface area contributed by atoms with E-state index in [1.807, 2.05) is 0 Å². The topological polar surface area (TPSA) is 9.23 Å². The zero-order valence-electron chi connectivity index (χ0n) is 5.02. The van der Waals surface area contributed by atoms with Crippen LogP contribution in [-0.4, -0.2) is 15.5 Å². The first-order chi connectivity index (χ1) is 3.81. The Morgan fingerprint density at radius 3 is 2.88 bits per heavy atom. The molecule has 0 unspecified atom stereocenters. The average molecular weight is 144 g/mol. The Hall–Kier alpha value is -0.333. The summed E-state index contributed by atoms with van der Waals surface area (Å²) in [7, 11) is 0.681. The van der Waals surface area contributed by atoms with E-state index >= 15 is 0 Å². The van der Waals surface area contributed by atoms with Crippen molar-refractivity contribution in [3.8, 4) is 11.8 Å². The molecule has 44 valence electrons. The first-order valence-corrected chi connectivity index (χ1v) is 3.50. The summed E-state index contributed by atoms with van der Waals surface area (Å²) < 4.78 is 4.82. The molecule has 0 aromatic heterocycles. The third-order valence-corrected chi connectivity index (χ3v) is 1.74. The second kappa shape index (κ2) is 4.82. The Morgan fingerprint density at radius 1 is 1.88 bits per heavy atom. The molecule has 0 heterocycles. The molecule has 0 saturated carbocycles. The maximum atomic E-state index is 4.82. The predicted molar refractivity (Wildman–Crippen MR) is 41.7 cm³/mol. The number of hydrogen-bond acceptors (Lipinski definition) is 2. The van der Waals surface area contributed by atoms with Crippen molar-refractivity contribution in [2.24, 2.45) is 0 Å². The van der Waals surface area contributed by atoms with Gasteiger partial charge in [0, 0.05) is 0 Å².